The van der Waals surface area contributed by atoms with Gasteiger partial charge in [-0.05, 0) is 48.1 Å². The van der Waals surface area contributed by atoms with Gasteiger partial charge in [0.15, 0.2) is 5.11 Å². The second-order valence-corrected chi connectivity index (χ2v) is 6.70. The van der Waals surface area contributed by atoms with Gasteiger partial charge in [0.05, 0.1) is 12.0 Å². The highest BCUT2D eigenvalue weighted by molar-refractivity contribution is 7.89. The molecule has 0 radical (unpaired) electrons. The summed E-state index contributed by atoms with van der Waals surface area (Å²) in [6.07, 6.45) is 0. The van der Waals surface area contributed by atoms with Gasteiger partial charge in [0.25, 0.3) is 0 Å². The lowest BCUT2D eigenvalue weighted by Crippen LogP contribution is -2.28. The van der Waals surface area contributed by atoms with Crippen molar-refractivity contribution in [2.45, 2.75) is 11.4 Å². The minimum Gasteiger partial charge on any atom is -0.497 e. The molecule has 0 aliphatic rings. The summed E-state index contributed by atoms with van der Waals surface area (Å²) >= 11 is 5.19. The Labute approximate surface area is 140 Å². The Bertz CT molecular complexity index is 790. The maximum Gasteiger partial charge on any atom is 0.238 e. The van der Waals surface area contributed by atoms with Crippen molar-refractivity contribution in [1.82, 2.24) is 5.32 Å². The van der Waals surface area contributed by atoms with E-state index in [-0.39, 0.29) is 4.90 Å². The predicted molar refractivity (Wildman–Crippen MR) is 93.9 cm³/mol. The third-order valence-electron chi connectivity index (χ3n) is 3.03. The van der Waals surface area contributed by atoms with Crippen LogP contribution in [0.5, 0.6) is 5.75 Å². The molecule has 0 unspecified atom stereocenters. The van der Waals surface area contributed by atoms with Crippen LogP contribution in [0.1, 0.15) is 5.56 Å². The monoisotopic (exact) mass is 351 g/mol. The van der Waals surface area contributed by atoms with Crippen LogP contribution in [-0.2, 0) is 16.6 Å². The molecule has 0 bridgehead atoms. The molecule has 0 saturated heterocycles. The predicted octanol–water partition coefficient (Wildman–Crippen LogP) is 1.83. The van der Waals surface area contributed by atoms with E-state index in [1.165, 1.54) is 12.1 Å². The average Bonchev–Trinajstić information content (AvgIpc) is 2.53. The largest absolute Gasteiger partial charge is 0.497 e. The molecular formula is C15H17N3O3S2. The quantitative estimate of drug-likeness (QED) is 0.712. The lowest BCUT2D eigenvalue weighted by Gasteiger charge is -2.11. The van der Waals surface area contributed by atoms with Crippen molar-refractivity contribution < 1.29 is 13.2 Å². The molecule has 0 saturated carbocycles. The van der Waals surface area contributed by atoms with Gasteiger partial charge in [-0.1, -0.05) is 18.2 Å². The summed E-state index contributed by atoms with van der Waals surface area (Å²) in [4.78, 5) is 0.0282. The highest BCUT2D eigenvalue weighted by Gasteiger charge is 2.08. The second-order valence-electron chi connectivity index (χ2n) is 4.73. The summed E-state index contributed by atoms with van der Waals surface area (Å²) in [5, 5.41) is 11.4. The minimum absolute atomic E-state index is 0.0282. The molecule has 4 N–H and O–H groups in total. The van der Waals surface area contributed by atoms with Crippen molar-refractivity contribution in [1.29, 1.82) is 0 Å². The average molecular weight is 351 g/mol. The molecule has 122 valence electrons. The van der Waals surface area contributed by atoms with Crippen LogP contribution in [0.25, 0.3) is 0 Å². The number of methoxy groups -OCH3 is 1. The summed E-state index contributed by atoms with van der Waals surface area (Å²) in [5.41, 5.74) is 1.58. The van der Waals surface area contributed by atoms with Crippen molar-refractivity contribution in [3.8, 4) is 5.75 Å². The third kappa shape index (κ3) is 5.20. The van der Waals surface area contributed by atoms with Crippen LogP contribution in [-0.4, -0.2) is 20.6 Å². The van der Waals surface area contributed by atoms with Crippen LogP contribution < -0.4 is 20.5 Å². The van der Waals surface area contributed by atoms with Gasteiger partial charge < -0.3 is 15.4 Å². The number of anilines is 1. The molecule has 0 aliphatic carbocycles. The van der Waals surface area contributed by atoms with E-state index in [0.717, 1.165) is 11.3 Å². The molecule has 8 heteroatoms. The number of ether oxygens (including phenoxy) is 1. The van der Waals surface area contributed by atoms with Crippen LogP contribution in [0, 0.1) is 0 Å². The van der Waals surface area contributed by atoms with Gasteiger partial charge in [0.1, 0.15) is 5.75 Å². The van der Waals surface area contributed by atoms with Gasteiger partial charge in [-0.3, -0.25) is 0 Å². The Hall–Kier alpha value is -2.16. The number of rotatable bonds is 5. The molecule has 0 atom stereocenters. The maximum absolute atomic E-state index is 11.3. The number of nitrogens with two attached hydrogens (primary N) is 1. The van der Waals surface area contributed by atoms with Crippen LogP contribution >= 0.6 is 12.2 Å². The number of thiocarbonyl (C=S) groups is 1. The fraction of sp³-hybridized carbons (Fsp3) is 0.133. The van der Waals surface area contributed by atoms with E-state index < -0.39 is 10.0 Å². The fourth-order valence-electron chi connectivity index (χ4n) is 1.85. The van der Waals surface area contributed by atoms with Crippen molar-refractivity contribution >= 4 is 33.0 Å². The number of benzene rings is 2. The Balaban J connectivity index is 1.94. The minimum atomic E-state index is -3.74. The maximum atomic E-state index is 11.3. The lowest BCUT2D eigenvalue weighted by atomic mass is 10.2. The number of nitrogens with one attached hydrogen (secondary N) is 2. The van der Waals surface area contributed by atoms with E-state index in [1.54, 1.807) is 19.2 Å². The van der Waals surface area contributed by atoms with Crippen LogP contribution in [0.15, 0.2) is 53.4 Å². The van der Waals surface area contributed by atoms with Crippen molar-refractivity contribution in [3.05, 3.63) is 54.1 Å². The van der Waals surface area contributed by atoms with Gasteiger partial charge in [0, 0.05) is 12.2 Å². The first-order valence-electron chi connectivity index (χ1n) is 6.69. The van der Waals surface area contributed by atoms with Gasteiger partial charge in [-0.15, -0.1) is 0 Å². The van der Waals surface area contributed by atoms with E-state index in [2.05, 4.69) is 10.6 Å². The van der Waals surface area contributed by atoms with E-state index >= 15 is 0 Å². The number of hydrogen-bond donors (Lipinski definition) is 3. The smallest absolute Gasteiger partial charge is 0.238 e. The van der Waals surface area contributed by atoms with E-state index in [1.807, 2.05) is 24.3 Å². The van der Waals surface area contributed by atoms with E-state index in [0.29, 0.717) is 17.3 Å². The highest BCUT2D eigenvalue weighted by Crippen LogP contribution is 2.14. The third-order valence-corrected chi connectivity index (χ3v) is 4.19. The Morgan fingerprint density at radius 2 is 1.91 bits per heavy atom. The molecule has 0 amide bonds. The van der Waals surface area contributed by atoms with Crippen molar-refractivity contribution in [2.75, 3.05) is 12.4 Å². The van der Waals surface area contributed by atoms with Crippen LogP contribution in [0.2, 0.25) is 0 Å². The molecule has 23 heavy (non-hydrogen) atoms. The molecule has 0 aromatic heterocycles. The topological polar surface area (TPSA) is 93.4 Å². The summed E-state index contributed by atoms with van der Waals surface area (Å²) in [5.74, 6) is 0.786. The van der Waals surface area contributed by atoms with E-state index in [4.69, 9.17) is 22.1 Å². The van der Waals surface area contributed by atoms with Gasteiger partial charge >= 0.3 is 0 Å². The molecule has 0 aliphatic heterocycles. The number of primary sulfonamides is 1. The molecule has 2 aromatic rings. The normalized spacial score (nSPS) is 10.9. The fourth-order valence-corrected chi connectivity index (χ4v) is 2.60. The molecule has 0 fully saturated rings. The lowest BCUT2D eigenvalue weighted by molar-refractivity contribution is 0.414. The van der Waals surface area contributed by atoms with E-state index in [9.17, 15) is 8.42 Å². The molecular weight excluding hydrogens is 334 g/mol. The SMILES string of the molecule is COc1ccc(CNC(=S)Nc2cccc(S(N)(=O)=O)c2)cc1. The van der Waals surface area contributed by atoms with Crippen LogP contribution in [0.3, 0.4) is 0 Å². The number of hydrogen-bond acceptors (Lipinski definition) is 4. The van der Waals surface area contributed by atoms with Gasteiger partial charge in [-0.2, -0.15) is 0 Å². The summed E-state index contributed by atoms with van der Waals surface area (Å²) in [7, 11) is -2.13. The first-order chi connectivity index (χ1) is 10.9. The molecule has 0 spiro atoms. The zero-order valence-electron chi connectivity index (χ0n) is 12.4. The summed E-state index contributed by atoms with van der Waals surface area (Å²) in [6, 6.07) is 13.7. The zero-order chi connectivity index (χ0) is 16.9. The molecule has 6 nitrogen and oxygen atoms in total. The van der Waals surface area contributed by atoms with Crippen LogP contribution in [0.4, 0.5) is 5.69 Å². The molecule has 0 heterocycles. The first-order valence-corrected chi connectivity index (χ1v) is 8.64. The zero-order valence-corrected chi connectivity index (χ0v) is 14.1. The molecule has 2 rings (SSSR count). The standard InChI is InChI=1S/C15H17N3O3S2/c1-21-13-7-5-11(6-8-13)10-17-15(22)18-12-3-2-4-14(9-12)23(16,19)20/h2-9H,10H2,1H3,(H2,16,19,20)(H2,17,18,22). The van der Waals surface area contributed by atoms with Gasteiger partial charge in [-0.25, -0.2) is 13.6 Å². The summed E-state index contributed by atoms with van der Waals surface area (Å²) < 4.78 is 27.7. The van der Waals surface area contributed by atoms with Crippen molar-refractivity contribution in [3.63, 3.8) is 0 Å². The summed E-state index contributed by atoms with van der Waals surface area (Å²) in [6.45, 7) is 0.532. The number of sulfonamides is 1. The van der Waals surface area contributed by atoms with Crippen molar-refractivity contribution in [2.24, 2.45) is 5.14 Å². The Morgan fingerprint density at radius 1 is 1.22 bits per heavy atom. The van der Waals surface area contributed by atoms with Gasteiger partial charge in [0.2, 0.25) is 10.0 Å². The second kappa shape index (κ2) is 7.40. The molecule has 2 aromatic carbocycles. The Kier molecular flexibility index (Phi) is 5.54. The Morgan fingerprint density at radius 3 is 2.52 bits per heavy atom. The highest BCUT2D eigenvalue weighted by atomic mass is 32.2. The first kappa shape index (κ1) is 17.2.